The summed E-state index contributed by atoms with van der Waals surface area (Å²) in [5, 5.41) is 8.77. The molecule has 2 saturated heterocycles. The summed E-state index contributed by atoms with van der Waals surface area (Å²) in [6, 6.07) is 9.21. The first-order valence-electron chi connectivity index (χ1n) is 7.15. The number of hydrogen-bond acceptors (Lipinski definition) is 4. The van der Waals surface area contributed by atoms with E-state index in [4.69, 9.17) is 5.26 Å². The van der Waals surface area contributed by atoms with E-state index in [0.29, 0.717) is 23.5 Å². The summed E-state index contributed by atoms with van der Waals surface area (Å²) in [5.74, 6) is -0.00627. The van der Waals surface area contributed by atoms with Crippen LogP contribution in [0, 0.1) is 17.2 Å². The Balaban J connectivity index is 1.71. The van der Waals surface area contributed by atoms with Crippen molar-refractivity contribution in [1.29, 1.82) is 5.26 Å². The summed E-state index contributed by atoms with van der Waals surface area (Å²) in [6.07, 6.45) is 2.11. The van der Waals surface area contributed by atoms with Crippen LogP contribution >= 0.6 is 0 Å². The molecule has 2 aliphatic rings. The van der Waals surface area contributed by atoms with Crippen LogP contribution in [0.3, 0.4) is 0 Å². The number of carbonyl (C=O) groups excluding carboxylic acids is 1. The predicted molar refractivity (Wildman–Crippen MR) is 78.7 cm³/mol. The minimum atomic E-state index is -1.28. The minimum Gasteiger partial charge on any atom is -0.593 e. The van der Waals surface area contributed by atoms with Crippen molar-refractivity contribution in [3.8, 4) is 6.07 Å². The molecule has 0 bridgehead atoms. The number of likely N-dealkylation sites (tertiary alicyclic amines) is 1. The molecule has 1 unspecified atom stereocenters. The van der Waals surface area contributed by atoms with E-state index >= 15 is 0 Å². The molecule has 1 amide bonds. The fraction of sp³-hybridized carbons (Fsp3) is 0.467. The standard InChI is InChI=1S/C15H17N3O2S/c16-9-12-10-18(11-12)21(20)14-5-3-4-13(8-14)15(19)17-6-1-2-7-17/h3-5,8,12H,1-2,6-7,10-11H2. The van der Waals surface area contributed by atoms with Gasteiger partial charge in [-0.05, 0) is 25.0 Å². The normalized spacial score (nSPS) is 20.9. The maximum atomic E-state index is 12.4. The van der Waals surface area contributed by atoms with E-state index in [9.17, 15) is 9.35 Å². The Morgan fingerprint density at radius 1 is 1.33 bits per heavy atom. The summed E-state index contributed by atoms with van der Waals surface area (Å²) in [4.78, 5) is 14.8. The molecule has 1 aromatic carbocycles. The summed E-state index contributed by atoms with van der Waals surface area (Å²) in [6.45, 7) is 2.69. The molecule has 2 fully saturated rings. The molecule has 0 saturated carbocycles. The van der Waals surface area contributed by atoms with Crippen LogP contribution in [0.25, 0.3) is 0 Å². The van der Waals surface area contributed by atoms with Gasteiger partial charge < -0.3 is 9.45 Å². The Kier molecular flexibility index (Phi) is 4.15. The molecule has 1 aromatic rings. The maximum Gasteiger partial charge on any atom is 0.254 e. The molecular formula is C15H17N3O2S. The third-order valence-electron chi connectivity index (χ3n) is 3.94. The number of nitrogens with zero attached hydrogens (tertiary/aromatic N) is 3. The van der Waals surface area contributed by atoms with Crippen LogP contribution in [-0.2, 0) is 11.4 Å². The van der Waals surface area contributed by atoms with Crippen LogP contribution < -0.4 is 0 Å². The van der Waals surface area contributed by atoms with Crippen molar-refractivity contribution in [2.45, 2.75) is 17.7 Å². The number of nitriles is 1. The molecule has 6 heteroatoms. The SMILES string of the molecule is N#CC1CN([S+]([O-])c2cccc(C(=O)N3CCCC3)c2)C1. The fourth-order valence-electron chi connectivity index (χ4n) is 2.64. The van der Waals surface area contributed by atoms with Crippen LogP contribution in [0.15, 0.2) is 29.2 Å². The topological polar surface area (TPSA) is 70.4 Å². The molecule has 0 N–H and O–H groups in total. The van der Waals surface area contributed by atoms with Gasteiger partial charge in [-0.3, -0.25) is 4.79 Å². The third-order valence-corrected chi connectivity index (χ3v) is 5.37. The third kappa shape index (κ3) is 2.91. The Morgan fingerprint density at radius 3 is 2.71 bits per heavy atom. The molecule has 5 nitrogen and oxygen atoms in total. The van der Waals surface area contributed by atoms with E-state index in [1.807, 2.05) is 4.90 Å². The molecular weight excluding hydrogens is 286 g/mol. The van der Waals surface area contributed by atoms with Gasteiger partial charge in [0.15, 0.2) is 4.90 Å². The average molecular weight is 303 g/mol. The monoisotopic (exact) mass is 303 g/mol. The van der Waals surface area contributed by atoms with Gasteiger partial charge in [0.1, 0.15) is 0 Å². The highest BCUT2D eigenvalue weighted by molar-refractivity contribution is 7.89. The quantitative estimate of drug-likeness (QED) is 0.791. The second-order valence-electron chi connectivity index (χ2n) is 5.45. The summed E-state index contributed by atoms with van der Waals surface area (Å²) >= 11 is -1.28. The molecule has 0 radical (unpaired) electrons. The minimum absolute atomic E-state index is 0.0184. The van der Waals surface area contributed by atoms with Crippen LogP contribution in [0.4, 0.5) is 0 Å². The van der Waals surface area contributed by atoms with Gasteiger partial charge >= 0.3 is 0 Å². The van der Waals surface area contributed by atoms with Gasteiger partial charge in [0.05, 0.1) is 36.4 Å². The first-order valence-corrected chi connectivity index (χ1v) is 8.25. The van der Waals surface area contributed by atoms with Gasteiger partial charge in [0.25, 0.3) is 5.91 Å². The lowest BCUT2D eigenvalue weighted by molar-refractivity contribution is 0.0792. The molecule has 0 spiro atoms. The molecule has 0 aromatic heterocycles. The van der Waals surface area contributed by atoms with Crippen molar-refractivity contribution in [3.63, 3.8) is 0 Å². The lowest BCUT2D eigenvalue weighted by Crippen LogP contribution is -2.49. The van der Waals surface area contributed by atoms with Crippen LogP contribution in [0.2, 0.25) is 0 Å². The second-order valence-corrected chi connectivity index (χ2v) is 6.94. The van der Waals surface area contributed by atoms with Crippen molar-refractivity contribution < 1.29 is 9.35 Å². The Bertz CT molecular complexity index is 575. The van der Waals surface area contributed by atoms with Crippen molar-refractivity contribution in [2.24, 2.45) is 5.92 Å². The van der Waals surface area contributed by atoms with Gasteiger partial charge in [-0.2, -0.15) is 5.26 Å². The van der Waals surface area contributed by atoms with Crippen molar-refractivity contribution in [2.75, 3.05) is 26.2 Å². The number of benzene rings is 1. The van der Waals surface area contributed by atoms with E-state index in [2.05, 4.69) is 6.07 Å². The Labute approximate surface area is 127 Å². The lowest BCUT2D eigenvalue weighted by atomic mass is 10.1. The van der Waals surface area contributed by atoms with Crippen molar-refractivity contribution >= 4 is 17.3 Å². The number of hydrogen-bond donors (Lipinski definition) is 0. The van der Waals surface area contributed by atoms with Crippen LogP contribution in [-0.4, -0.2) is 45.8 Å². The number of amides is 1. The summed E-state index contributed by atoms with van der Waals surface area (Å²) < 4.78 is 14.1. The molecule has 2 aliphatic heterocycles. The highest BCUT2D eigenvalue weighted by Crippen LogP contribution is 2.25. The largest absolute Gasteiger partial charge is 0.593 e. The van der Waals surface area contributed by atoms with E-state index in [1.165, 1.54) is 0 Å². The van der Waals surface area contributed by atoms with Crippen molar-refractivity contribution in [3.05, 3.63) is 29.8 Å². The zero-order chi connectivity index (χ0) is 14.8. The Hall–Kier alpha value is -1.55. The van der Waals surface area contributed by atoms with Gasteiger partial charge in [-0.15, -0.1) is 4.31 Å². The van der Waals surface area contributed by atoms with E-state index in [-0.39, 0.29) is 11.8 Å². The van der Waals surface area contributed by atoms with Gasteiger partial charge in [0.2, 0.25) is 0 Å². The van der Waals surface area contributed by atoms with Gasteiger partial charge in [-0.1, -0.05) is 6.07 Å². The molecule has 0 aliphatic carbocycles. The first-order chi connectivity index (χ1) is 10.2. The van der Waals surface area contributed by atoms with Gasteiger partial charge in [-0.25, -0.2) is 0 Å². The Morgan fingerprint density at radius 2 is 2.05 bits per heavy atom. The molecule has 1 atom stereocenters. The molecule has 2 heterocycles. The number of carbonyl (C=O) groups is 1. The second kappa shape index (κ2) is 6.06. The fourth-order valence-corrected chi connectivity index (χ4v) is 4.00. The van der Waals surface area contributed by atoms with E-state index in [0.717, 1.165) is 25.9 Å². The molecule has 110 valence electrons. The summed E-state index contributed by atoms with van der Waals surface area (Å²) in [7, 11) is 0. The predicted octanol–water partition coefficient (Wildman–Crippen LogP) is 1.40. The van der Waals surface area contributed by atoms with E-state index in [1.54, 1.807) is 28.6 Å². The molecule has 3 rings (SSSR count). The number of rotatable bonds is 3. The zero-order valence-corrected chi connectivity index (χ0v) is 12.5. The van der Waals surface area contributed by atoms with Crippen LogP contribution in [0.5, 0.6) is 0 Å². The maximum absolute atomic E-state index is 12.4. The average Bonchev–Trinajstić information content (AvgIpc) is 2.99. The highest BCUT2D eigenvalue weighted by Gasteiger charge is 2.37. The molecule has 21 heavy (non-hydrogen) atoms. The van der Waals surface area contributed by atoms with Crippen LogP contribution in [0.1, 0.15) is 23.2 Å². The van der Waals surface area contributed by atoms with Crippen molar-refractivity contribution in [1.82, 2.24) is 9.21 Å². The first kappa shape index (κ1) is 14.4. The lowest BCUT2D eigenvalue weighted by Gasteiger charge is -2.34. The van der Waals surface area contributed by atoms with E-state index < -0.39 is 11.4 Å². The highest BCUT2D eigenvalue weighted by atomic mass is 32.2. The zero-order valence-electron chi connectivity index (χ0n) is 11.7. The van der Waals surface area contributed by atoms with Gasteiger partial charge in [0, 0.05) is 24.7 Å². The smallest absolute Gasteiger partial charge is 0.254 e. The summed E-state index contributed by atoms with van der Waals surface area (Å²) in [5.41, 5.74) is 0.597.